The molecule has 0 radical (unpaired) electrons. The molecule has 0 aromatic heterocycles. The van der Waals surface area contributed by atoms with Crippen molar-refractivity contribution in [3.8, 4) is 0 Å². The van der Waals surface area contributed by atoms with E-state index in [0.29, 0.717) is 10.2 Å². The standard InChI is InChI=1S/C8H8BrN3O3/c9-6-3-5(12(14)15)1-2-7(6)11-4-8(10)13/h1-3,11H,4H2,(H2,10,13). The summed E-state index contributed by atoms with van der Waals surface area (Å²) in [6.45, 7) is -0.0174. The number of carbonyl (C=O) groups excluding carboxylic acids is 1. The first kappa shape index (κ1) is 11.4. The first-order valence-electron chi connectivity index (χ1n) is 3.97. The van der Waals surface area contributed by atoms with Gasteiger partial charge in [0, 0.05) is 22.3 Å². The first-order valence-corrected chi connectivity index (χ1v) is 4.76. The van der Waals surface area contributed by atoms with Crippen LogP contribution in [0.5, 0.6) is 0 Å². The number of nitro benzene ring substituents is 1. The smallest absolute Gasteiger partial charge is 0.270 e. The van der Waals surface area contributed by atoms with E-state index in [4.69, 9.17) is 5.73 Å². The quantitative estimate of drug-likeness (QED) is 0.637. The predicted molar refractivity (Wildman–Crippen MR) is 58.5 cm³/mol. The lowest BCUT2D eigenvalue weighted by Crippen LogP contribution is -2.21. The van der Waals surface area contributed by atoms with Crippen molar-refractivity contribution >= 4 is 33.2 Å². The second-order valence-corrected chi connectivity index (χ2v) is 3.60. The summed E-state index contributed by atoms with van der Waals surface area (Å²) >= 11 is 3.15. The Labute approximate surface area is 93.7 Å². The lowest BCUT2D eigenvalue weighted by Gasteiger charge is -2.05. The van der Waals surface area contributed by atoms with Gasteiger partial charge in [0.25, 0.3) is 5.69 Å². The first-order chi connectivity index (χ1) is 7.00. The Morgan fingerprint density at radius 1 is 1.60 bits per heavy atom. The largest absolute Gasteiger partial charge is 0.375 e. The summed E-state index contributed by atoms with van der Waals surface area (Å²) < 4.78 is 0.512. The Hall–Kier alpha value is -1.63. The third-order valence-electron chi connectivity index (χ3n) is 1.62. The van der Waals surface area contributed by atoms with Crippen LogP contribution in [0.1, 0.15) is 0 Å². The van der Waals surface area contributed by atoms with Gasteiger partial charge in [0.1, 0.15) is 0 Å². The second kappa shape index (κ2) is 4.74. The van der Waals surface area contributed by atoms with Crippen molar-refractivity contribution in [3.05, 3.63) is 32.8 Å². The molecule has 1 aromatic carbocycles. The number of halogens is 1. The molecule has 6 nitrogen and oxygen atoms in total. The van der Waals surface area contributed by atoms with Gasteiger partial charge in [-0.05, 0) is 22.0 Å². The fraction of sp³-hybridized carbons (Fsp3) is 0.125. The van der Waals surface area contributed by atoms with Gasteiger partial charge in [-0.25, -0.2) is 0 Å². The number of anilines is 1. The third kappa shape index (κ3) is 3.21. The van der Waals surface area contributed by atoms with Crippen molar-refractivity contribution in [2.24, 2.45) is 5.73 Å². The minimum absolute atomic E-state index is 0.0174. The van der Waals surface area contributed by atoms with Crippen molar-refractivity contribution in [3.63, 3.8) is 0 Å². The van der Waals surface area contributed by atoms with Gasteiger partial charge >= 0.3 is 0 Å². The van der Waals surface area contributed by atoms with Gasteiger partial charge in [0.15, 0.2) is 0 Å². The van der Waals surface area contributed by atoms with Crippen LogP contribution in [0.4, 0.5) is 11.4 Å². The van der Waals surface area contributed by atoms with Crippen LogP contribution in [0.2, 0.25) is 0 Å². The summed E-state index contributed by atoms with van der Waals surface area (Å²) in [6, 6.07) is 4.20. The van der Waals surface area contributed by atoms with Crippen LogP contribution in [0.15, 0.2) is 22.7 Å². The molecule has 0 heterocycles. The SMILES string of the molecule is NC(=O)CNc1ccc([N+](=O)[O-])cc1Br. The van der Waals surface area contributed by atoms with E-state index < -0.39 is 10.8 Å². The molecule has 3 N–H and O–H groups in total. The molecule has 0 fully saturated rings. The van der Waals surface area contributed by atoms with Crippen molar-refractivity contribution in [2.75, 3.05) is 11.9 Å². The number of rotatable bonds is 4. The van der Waals surface area contributed by atoms with Crippen LogP contribution in [0.3, 0.4) is 0 Å². The fourth-order valence-corrected chi connectivity index (χ4v) is 1.45. The molecule has 0 bridgehead atoms. The summed E-state index contributed by atoms with van der Waals surface area (Å²) in [7, 11) is 0. The molecular formula is C8H8BrN3O3. The van der Waals surface area contributed by atoms with Gasteiger partial charge in [0.2, 0.25) is 5.91 Å². The van der Waals surface area contributed by atoms with E-state index in [1.54, 1.807) is 0 Å². The van der Waals surface area contributed by atoms with Crippen molar-refractivity contribution in [1.29, 1.82) is 0 Å². The number of nitro groups is 1. The number of benzene rings is 1. The lowest BCUT2D eigenvalue weighted by atomic mass is 10.3. The van der Waals surface area contributed by atoms with Gasteiger partial charge in [-0.2, -0.15) is 0 Å². The Kier molecular flexibility index (Phi) is 3.62. The van der Waals surface area contributed by atoms with Gasteiger partial charge in [-0.15, -0.1) is 0 Å². The zero-order valence-corrected chi connectivity index (χ0v) is 9.15. The maximum atomic E-state index is 10.5. The molecule has 0 aliphatic heterocycles. The van der Waals surface area contributed by atoms with Crippen LogP contribution >= 0.6 is 15.9 Å². The maximum Gasteiger partial charge on any atom is 0.270 e. The number of nitrogens with one attached hydrogen (secondary N) is 1. The van der Waals surface area contributed by atoms with E-state index in [9.17, 15) is 14.9 Å². The number of amides is 1. The van der Waals surface area contributed by atoms with E-state index >= 15 is 0 Å². The lowest BCUT2D eigenvalue weighted by molar-refractivity contribution is -0.384. The average molecular weight is 274 g/mol. The molecule has 0 saturated heterocycles. The van der Waals surface area contributed by atoms with Gasteiger partial charge in [-0.3, -0.25) is 14.9 Å². The summed E-state index contributed by atoms with van der Waals surface area (Å²) in [4.78, 5) is 20.4. The Morgan fingerprint density at radius 3 is 2.73 bits per heavy atom. The monoisotopic (exact) mass is 273 g/mol. The Bertz CT molecular complexity index is 408. The van der Waals surface area contributed by atoms with Crippen molar-refractivity contribution in [1.82, 2.24) is 0 Å². The molecule has 0 saturated carbocycles. The third-order valence-corrected chi connectivity index (χ3v) is 2.27. The van der Waals surface area contributed by atoms with E-state index in [0.717, 1.165) is 0 Å². The number of non-ortho nitro benzene ring substituents is 1. The molecule has 80 valence electrons. The molecule has 7 heteroatoms. The van der Waals surface area contributed by atoms with E-state index in [2.05, 4.69) is 21.2 Å². The molecular weight excluding hydrogens is 266 g/mol. The molecule has 0 spiro atoms. The molecule has 1 rings (SSSR count). The topological polar surface area (TPSA) is 98.3 Å². The van der Waals surface area contributed by atoms with Crippen LogP contribution in [0, 0.1) is 10.1 Å². The fourth-order valence-electron chi connectivity index (χ4n) is 0.943. The number of carbonyl (C=O) groups is 1. The molecule has 1 amide bonds. The van der Waals surface area contributed by atoms with Gasteiger partial charge in [-0.1, -0.05) is 0 Å². The van der Waals surface area contributed by atoms with E-state index in [-0.39, 0.29) is 12.2 Å². The number of primary amides is 1. The van der Waals surface area contributed by atoms with Crippen LogP contribution < -0.4 is 11.1 Å². The average Bonchev–Trinajstić information content (AvgIpc) is 2.15. The molecule has 0 aliphatic rings. The van der Waals surface area contributed by atoms with Gasteiger partial charge in [0.05, 0.1) is 11.5 Å². The predicted octanol–water partition coefficient (Wildman–Crippen LogP) is 1.25. The zero-order chi connectivity index (χ0) is 11.4. The highest BCUT2D eigenvalue weighted by atomic mass is 79.9. The van der Waals surface area contributed by atoms with E-state index in [1.807, 2.05) is 0 Å². The Balaban J connectivity index is 2.83. The molecule has 15 heavy (non-hydrogen) atoms. The van der Waals surface area contributed by atoms with Crippen molar-refractivity contribution < 1.29 is 9.72 Å². The molecule has 0 aliphatic carbocycles. The number of nitrogens with zero attached hydrogens (tertiary/aromatic N) is 1. The van der Waals surface area contributed by atoms with Crippen LogP contribution in [0.25, 0.3) is 0 Å². The minimum atomic E-state index is -0.500. The molecule has 1 aromatic rings. The Morgan fingerprint density at radius 2 is 2.27 bits per heavy atom. The van der Waals surface area contributed by atoms with Crippen LogP contribution in [-0.2, 0) is 4.79 Å². The minimum Gasteiger partial charge on any atom is -0.375 e. The van der Waals surface area contributed by atoms with Crippen molar-refractivity contribution in [2.45, 2.75) is 0 Å². The summed E-state index contributed by atoms with van der Waals surface area (Å²) in [5, 5.41) is 13.2. The zero-order valence-electron chi connectivity index (χ0n) is 7.57. The number of hydrogen-bond acceptors (Lipinski definition) is 4. The second-order valence-electron chi connectivity index (χ2n) is 2.74. The number of nitrogens with two attached hydrogens (primary N) is 1. The van der Waals surface area contributed by atoms with Gasteiger partial charge < -0.3 is 11.1 Å². The highest BCUT2D eigenvalue weighted by Crippen LogP contribution is 2.26. The highest BCUT2D eigenvalue weighted by Gasteiger charge is 2.08. The maximum absolute atomic E-state index is 10.5. The summed E-state index contributed by atoms with van der Waals surface area (Å²) in [5.41, 5.74) is 5.50. The van der Waals surface area contributed by atoms with E-state index in [1.165, 1.54) is 18.2 Å². The molecule has 0 atom stereocenters. The summed E-state index contributed by atoms with van der Waals surface area (Å²) in [6.07, 6.45) is 0. The normalized spacial score (nSPS) is 9.67. The number of hydrogen-bond donors (Lipinski definition) is 2. The van der Waals surface area contributed by atoms with Crippen LogP contribution in [-0.4, -0.2) is 17.4 Å². The highest BCUT2D eigenvalue weighted by molar-refractivity contribution is 9.10. The molecule has 0 unspecified atom stereocenters. The summed E-state index contributed by atoms with van der Waals surface area (Å²) in [5.74, 6) is -0.500.